The number of rotatable bonds is 7. The van der Waals surface area contributed by atoms with Crippen LogP contribution in [-0.2, 0) is 12.8 Å². The van der Waals surface area contributed by atoms with Crippen molar-refractivity contribution in [3.63, 3.8) is 0 Å². The molecule has 20 heavy (non-hydrogen) atoms. The molecule has 1 aromatic heterocycles. The summed E-state index contributed by atoms with van der Waals surface area (Å²) in [5, 5.41) is 4.63. The van der Waals surface area contributed by atoms with Crippen LogP contribution in [0.2, 0.25) is 0 Å². The van der Waals surface area contributed by atoms with E-state index in [1.165, 1.54) is 10.4 Å². The van der Waals surface area contributed by atoms with E-state index in [9.17, 15) is 0 Å². The Bertz CT molecular complexity index is 509. The average Bonchev–Trinajstić information content (AvgIpc) is 2.95. The molecule has 3 nitrogen and oxygen atoms in total. The van der Waals surface area contributed by atoms with Crippen LogP contribution in [0.15, 0.2) is 36.5 Å². The molecule has 0 aliphatic carbocycles. The van der Waals surface area contributed by atoms with Gasteiger partial charge in [-0.15, -0.1) is 11.3 Å². The molecule has 0 spiro atoms. The van der Waals surface area contributed by atoms with Crippen LogP contribution in [-0.4, -0.2) is 17.6 Å². The Morgan fingerprint density at radius 2 is 2.05 bits per heavy atom. The van der Waals surface area contributed by atoms with Crippen LogP contribution in [0.25, 0.3) is 0 Å². The van der Waals surface area contributed by atoms with Crippen molar-refractivity contribution in [1.29, 1.82) is 0 Å². The van der Waals surface area contributed by atoms with Gasteiger partial charge in [0.1, 0.15) is 5.01 Å². The Kier molecular flexibility index (Phi) is 5.71. The first kappa shape index (κ1) is 15.2. The third-order valence-electron chi connectivity index (χ3n) is 3.32. The molecule has 0 amide bonds. The van der Waals surface area contributed by atoms with Crippen molar-refractivity contribution in [2.75, 3.05) is 6.54 Å². The predicted molar refractivity (Wildman–Crippen MR) is 86.0 cm³/mol. The van der Waals surface area contributed by atoms with Gasteiger partial charge in [-0.1, -0.05) is 37.3 Å². The minimum atomic E-state index is 0.130. The highest BCUT2D eigenvalue weighted by Gasteiger charge is 2.11. The van der Waals surface area contributed by atoms with Gasteiger partial charge in [0.2, 0.25) is 0 Å². The summed E-state index contributed by atoms with van der Waals surface area (Å²) in [7, 11) is 0. The smallest absolute Gasteiger partial charge is 0.109 e. The summed E-state index contributed by atoms with van der Waals surface area (Å²) < 4.78 is 0. The van der Waals surface area contributed by atoms with Gasteiger partial charge in [0.15, 0.2) is 0 Å². The van der Waals surface area contributed by atoms with E-state index in [1.54, 1.807) is 11.3 Å². The molecule has 3 N–H and O–H groups in total. The van der Waals surface area contributed by atoms with Crippen molar-refractivity contribution in [1.82, 2.24) is 10.3 Å². The van der Waals surface area contributed by atoms with Crippen molar-refractivity contribution in [3.8, 4) is 0 Å². The van der Waals surface area contributed by atoms with E-state index in [0.29, 0.717) is 0 Å². The van der Waals surface area contributed by atoms with E-state index in [1.807, 2.05) is 12.3 Å². The maximum Gasteiger partial charge on any atom is 0.109 e. The number of thiazole rings is 1. The summed E-state index contributed by atoms with van der Waals surface area (Å²) in [6, 6.07) is 10.8. The number of nitrogens with one attached hydrogen (secondary N) is 1. The molecule has 0 saturated heterocycles. The molecule has 1 heterocycles. The van der Waals surface area contributed by atoms with Crippen molar-refractivity contribution in [3.05, 3.63) is 52.0 Å². The second-order valence-electron chi connectivity index (χ2n) is 5.10. The summed E-state index contributed by atoms with van der Waals surface area (Å²) in [4.78, 5) is 5.80. The Morgan fingerprint density at radius 1 is 1.30 bits per heavy atom. The lowest BCUT2D eigenvalue weighted by Crippen LogP contribution is -2.36. The molecule has 2 rings (SSSR count). The van der Waals surface area contributed by atoms with Gasteiger partial charge in [-0.2, -0.15) is 0 Å². The van der Waals surface area contributed by atoms with E-state index in [0.717, 1.165) is 24.4 Å². The topological polar surface area (TPSA) is 50.9 Å². The molecular formula is C16H23N3S. The van der Waals surface area contributed by atoms with Crippen LogP contribution in [0.1, 0.15) is 35.3 Å². The van der Waals surface area contributed by atoms with E-state index in [-0.39, 0.29) is 12.1 Å². The van der Waals surface area contributed by atoms with Crippen LogP contribution in [0, 0.1) is 0 Å². The average molecular weight is 289 g/mol. The van der Waals surface area contributed by atoms with Gasteiger partial charge < -0.3 is 11.1 Å². The van der Waals surface area contributed by atoms with E-state index >= 15 is 0 Å². The highest BCUT2D eigenvalue weighted by molar-refractivity contribution is 7.11. The summed E-state index contributed by atoms with van der Waals surface area (Å²) in [5.41, 5.74) is 7.47. The van der Waals surface area contributed by atoms with Crippen molar-refractivity contribution >= 4 is 11.3 Å². The molecule has 1 aromatic carbocycles. The zero-order valence-corrected chi connectivity index (χ0v) is 13.0. The highest BCUT2D eigenvalue weighted by atomic mass is 32.1. The Balaban J connectivity index is 1.79. The second kappa shape index (κ2) is 7.53. The van der Waals surface area contributed by atoms with Crippen LogP contribution >= 0.6 is 11.3 Å². The molecule has 0 saturated carbocycles. The number of hydrogen-bond acceptors (Lipinski definition) is 4. The number of aryl methyl sites for hydroxylation is 1. The molecule has 2 aromatic rings. The van der Waals surface area contributed by atoms with Gasteiger partial charge in [0.05, 0.1) is 6.04 Å². The van der Waals surface area contributed by atoms with Gasteiger partial charge in [-0.05, 0) is 25.3 Å². The van der Waals surface area contributed by atoms with Crippen LogP contribution in [0.4, 0.5) is 0 Å². The minimum absolute atomic E-state index is 0.130. The first-order valence-electron chi connectivity index (χ1n) is 7.16. The molecule has 0 fully saturated rings. The maximum absolute atomic E-state index is 6.18. The third-order valence-corrected chi connectivity index (χ3v) is 4.64. The van der Waals surface area contributed by atoms with Gasteiger partial charge >= 0.3 is 0 Å². The normalized spacial score (nSPS) is 14.2. The molecule has 0 aliphatic heterocycles. The summed E-state index contributed by atoms with van der Waals surface area (Å²) in [6.07, 6.45) is 3.93. The van der Waals surface area contributed by atoms with Gasteiger partial charge in [-0.3, -0.25) is 0 Å². The quantitative estimate of drug-likeness (QED) is 0.824. The van der Waals surface area contributed by atoms with E-state index < -0.39 is 0 Å². The highest BCUT2D eigenvalue weighted by Crippen LogP contribution is 2.20. The minimum Gasteiger partial charge on any atom is -0.326 e. The van der Waals surface area contributed by atoms with E-state index in [2.05, 4.69) is 48.4 Å². The monoisotopic (exact) mass is 289 g/mol. The number of nitrogens with zero attached hydrogens (tertiary/aromatic N) is 1. The maximum atomic E-state index is 6.18. The SMILES string of the molecule is CCc1cnc(C(C)NCC(N)Cc2ccccc2)s1. The number of nitrogens with two attached hydrogens (primary N) is 1. The lowest BCUT2D eigenvalue weighted by molar-refractivity contribution is 0.512. The largest absolute Gasteiger partial charge is 0.326 e. The fourth-order valence-corrected chi connectivity index (χ4v) is 2.97. The molecule has 4 heteroatoms. The molecule has 0 radical (unpaired) electrons. The summed E-state index contributed by atoms with van der Waals surface area (Å²) in [5.74, 6) is 0. The zero-order chi connectivity index (χ0) is 14.4. The molecule has 0 bridgehead atoms. The Hall–Kier alpha value is -1.23. The first-order chi connectivity index (χ1) is 9.69. The predicted octanol–water partition coefficient (Wildman–Crippen LogP) is 2.93. The third kappa shape index (κ3) is 4.40. The zero-order valence-electron chi connectivity index (χ0n) is 12.2. The Morgan fingerprint density at radius 3 is 2.70 bits per heavy atom. The molecular weight excluding hydrogens is 266 g/mol. The van der Waals surface area contributed by atoms with Crippen molar-refractivity contribution in [2.24, 2.45) is 5.73 Å². The Labute approximate surface area is 125 Å². The number of hydrogen-bond donors (Lipinski definition) is 2. The lowest BCUT2D eigenvalue weighted by atomic mass is 10.1. The number of benzene rings is 1. The van der Waals surface area contributed by atoms with Crippen molar-refractivity contribution < 1.29 is 0 Å². The van der Waals surface area contributed by atoms with Crippen LogP contribution in [0.5, 0.6) is 0 Å². The summed E-state index contributed by atoms with van der Waals surface area (Å²) >= 11 is 1.78. The molecule has 108 valence electrons. The van der Waals surface area contributed by atoms with Crippen molar-refractivity contribution in [2.45, 2.75) is 38.8 Å². The van der Waals surface area contributed by atoms with Gasteiger partial charge in [0.25, 0.3) is 0 Å². The fraction of sp³-hybridized carbons (Fsp3) is 0.438. The van der Waals surface area contributed by atoms with Crippen LogP contribution < -0.4 is 11.1 Å². The fourth-order valence-electron chi connectivity index (χ4n) is 2.09. The molecule has 2 atom stereocenters. The first-order valence-corrected chi connectivity index (χ1v) is 7.98. The standard InChI is InChI=1S/C16H23N3S/c1-3-15-11-19-16(20-15)12(2)18-10-14(17)9-13-7-5-4-6-8-13/h4-8,11-12,14,18H,3,9-10,17H2,1-2H3. The molecule has 0 aliphatic rings. The van der Waals surface area contributed by atoms with Gasteiger partial charge in [0, 0.05) is 23.7 Å². The number of aromatic nitrogens is 1. The summed E-state index contributed by atoms with van der Waals surface area (Å²) in [6.45, 7) is 5.11. The molecule has 2 unspecified atom stereocenters. The lowest BCUT2D eigenvalue weighted by Gasteiger charge is -2.16. The van der Waals surface area contributed by atoms with E-state index in [4.69, 9.17) is 5.73 Å². The second-order valence-corrected chi connectivity index (χ2v) is 6.24. The van der Waals surface area contributed by atoms with Crippen LogP contribution in [0.3, 0.4) is 0 Å². The van der Waals surface area contributed by atoms with Gasteiger partial charge in [-0.25, -0.2) is 4.98 Å².